The number of rotatable bonds is 4. The summed E-state index contributed by atoms with van der Waals surface area (Å²) >= 11 is 10.2. The molecular formula is C18H21ClNS2+. The second-order valence-electron chi connectivity index (χ2n) is 5.91. The predicted molar refractivity (Wildman–Crippen MR) is 98.6 cm³/mol. The van der Waals surface area contributed by atoms with Gasteiger partial charge in [0.05, 0.1) is 20.6 Å². The molecule has 1 nitrogen and oxygen atoms in total. The molecule has 0 fully saturated rings. The molecule has 3 rings (SSSR count). The zero-order valence-electron chi connectivity index (χ0n) is 12.9. The van der Waals surface area contributed by atoms with Gasteiger partial charge in [-0.25, -0.2) is 0 Å². The van der Waals surface area contributed by atoms with Crippen LogP contribution in [0.1, 0.15) is 16.4 Å². The Morgan fingerprint density at radius 2 is 2.00 bits per heavy atom. The molecule has 0 spiro atoms. The first-order valence-corrected chi connectivity index (χ1v) is 9.83. The number of quaternary nitrogens is 1. The highest BCUT2D eigenvalue weighted by molar-refractivity contribution is 8.00. The Labute approximate surface area is 146 Å². The lowest BCUT2D eigenvalue weighted by molar-refractivity contribution is -0.855. The number of benzene rings is 2. The molecule has 1 aliphatic rings. The zero-order chi connectivity index (χ0) is 15.5. The lowest BCUT2D eigenvalue weighted by Crippen LogP contribution is -3.06. The summed E-state index contributed by atoms with van der Waals surface area (Å²) in [6, 6.07) is 15.1. The minimum atomic E-state index is 0.516. The molecule has 2 aromatic carbocycles. The molecule has 116 valence electrons. The van der Waals surface area contributed by atoms with Gasteiger partial charge in [0.2, 0.25) is 0 Å². The number of halogens is 1. The summed E-state index contributed by atoms with van der Waals surface area (Å²) in [4.78, 5) is 4.24. The van der Waals surface area contributed by atoms with Gasteiger partial charge in [-0.1, -0.05) is 41.6 Å². The Hall–Kier alpha value is -0.610. The van der Waals surface area contributed by atoms with Crippen molar-refractivity contribution in [2.45, 2.75) is 21.5 Å². The minimum absolute atomic E-state index is 0.516. The van der Waals surface area contributed by atoms with Gasteiger partial charge in [0.25, 0.3) is 0 Å². The van der Waals surface area contributed by atoms with Gasteiger partial charge in [-0.2, -0.15) is 0 Å². The van der Waals surface area contributed by atoms with Crippen molar-refractivity contribution in [2.24, 2.45) is 0 Å². The highest BCUT2D eigenvalue weighted by atomic mass is 35.5. The summed E-state index contributed by atoms with van der Waals surface area (Å²) in [6.07, 6.45) is 1.06. The molecule has 2 aromatic rings. The molecule has 0 radical (unpaired) electrons. The molecule has 0 saturated heterocycles. The predicted octanol–water partition coefficient (Wildman–Crippen LogP) is 3.97. The van der Waals surface area contributed by atoms with Crippen LogP contribution in [-0.2, 0) is 6.42 Å². The first kappa shape index (κ1) is 16.3. The van der Waals surface area contributed by atoms with E-state index in [1.165, 1.54) is 38.1 Å². The summed E-state index contributed by atoms with van der Waals surface area (Å²) in [6.45, 7) is 1.19. The van der Waals surface area contributed by atoms with Gasteiger partial charge in [0.1, 0.15) is 0 Å². The van der Waals surface area contributed by atoms with Crippen LogP contribution < -0.4 is 4.90 Å². The standard InChI is InChI=1S/C18H20ClNS2/c1-20(2)9-10-21-18-12-13-11-14(19)7-8-16(13)22-17-6-4-3-5-15(17)18/h3-8,11,18H,9-10,12H2,1-2H3/p+1/t18-/m0/s1. The van der Waals surface area contributed by atoms with E-state index in [1.807, 2.05) is 17.8 Å². The average molecular weight is 351 g/mol. The van der Waals surface area contributed by atoms with E-state index in [0.29, 0.717) is 5.25 Å². The fourth-order valence-corrected chi connectivity index (χ4v) is 5.51. The van der Waals surface area contributed by atoms with E-state index in [2.05, 4.69) is 62.3 Å². The number of nitrogens with one attached hydrogen (secondary N) is 1. The fraction of sp³-hybridized carbons (Fsp3) is 0.333. The third kappa shape index (κ3) is 3.83. The van der Waals surface area contributed by atoms with Crippen LogP contribution in [0.15, 0.2) is 52.3 Å². The molecule has 4 heteroatoms. The summed E-state index contributed by atoms with van der Waals surface area (Å²) in [5.41, 5.74) is 2.85. The van der Waals surface area contributed by atoms with E-state index in [1.54, 1.807) is 0 Å². The van der Waals surface area contributed by atoms with Gasteiger partial charge in [0, 0.05) is 25.8 Å². The third-order valence-electron chi connectivity index (χ3n) is 3.83. The van der Waals surface area contributed by atoms with Gasteiger partial charge >= 0.3 is 0 Å². The molecule has 1 aliphatic heterocycles. The lowest BCUT2D eigenvalue weighted by Gasteiger charge is -2.17. The molecule has 0 bridgehead atoms. The quantitative estimate of drug-likeness (QED) is 0.889. The summed E-state index contributed by atoms with van der Waals surface area (Å²) < 4.78 is 0. The van der Waals surface area contributed by atoms with Crippen LogP contribution in [0.3, 0.4) is 0 Å². The molecule has 1 N–H and O–H groups in total. The number of hydrogen-bond donors (Lipinski definition) is 1. The number of thioether (sulfide) groups is 1. The van der Waals surface area contributed by atoms with E-state index in [4.69, 9.17) is 11.6 Å². The van der Waals surface area contributed by atoms with Crippen molar-refractivity contribution < 1.29 is 4.90 Å². The third-order valence-corrected chi connectivity index (χ3v) is 6.54. The van der Waals surface area contributed by atoms with Crippen molar-refractivity contribution in [3.63, 3.8) is 0 Å². The van der Waals surface area contributed by atoms with Crippen LogP contribution in [0.2, 0.25) is 5.02 Å². The van der Waals surface area contributed by atoms with Crippen molar-refractivity contribution in [2.75, 3.05) is 26.4 Å². The number of fused-ring (bicyclic) bond motifs is 2. The summed E-state index contributed by atoms with van der Waals surface area (Å²) in [5, 5.41) is 1.36. The highest BCUT2D eigenvalue weighted by Gasteiger charge is 2.23. The molecule has 1 atom stereocenters. The molecule has 1 heterocycles. The smallest absolute Gasteiger partial charge is 0.0859 e. The van der Waals surface area contributed by atoms with Crippen LogP contribution in [0, 0.1) is 0 Å². The van der Waals surface area contributed by atoms with Crippen molar-refractivity contribution in [3.05, 3.63) is 58.6 Å². The van der Waals surface area contributed by atoms with Crippen LogP contribution in [0.4, 0.5) is 0 Å². The maximum Gasteiger partial charge on any atom is 0.0859 e. The number of hydrogen-bond acceptors (Lipinski definition) is 2. The van der Waals surface area contributed by atoms with Gasteiger partial charge < -0.3 is 4.90 Å². The van der Waals surface area contributed by atoms with Crippen LogP contribution >= 0.6 is 35.1 Å². The maximum atomic E-state index is 6.22. The van der Waals surface area contributed by atoms with E-state index in [-0.39, 0.29) is 0 Å². The molecule has 0 aromatic heterocycles. The van der Waals surface area contributed by atoms with E-state index >= 15 is 0 Å². The van der Waals surface area contributed by atoms with E-state index in [9.17, 15) is 0 Å². The van der Waals surface area contributed by atoms with E-state index < -0.39 is 0 Å². The van der Waals surface area contributed by atoms with Crippen LogP contribution in [0.5, 0.6) is 0 Å². The Bertz CT molecular complexity index is 657. The minimum Gasteiger partial charge on any atom is -0.339 e. The van der Waals surface area contributed by atoms with Crippen molar-refractivity contribution in [1.29, 1.82) is 0 Å². The SMILES string of the molecule is C[NH+](C)CCS[C@H]1Cc2cc(Cl)ccc2Sc2ccccc21. The first-order chi connectivity index (χ1) is 10.6. The Morgan fingerprint density at radius 3 is 2.82 bits per heavy atom. The van der Waals surface area contributed by atoms with Crippen molar-refractivity contribution in [3.8, 4) is 0 Å². The van der Waals surface area contributed by atoms with Gasteiger partial charge in [0.15, 0.2) is 0 Å². The summed E-state index contributed by atoms with van der Waals surface area (Å²) in [7, 11) is 4.43. The van der Waals surface area contributed by atoms with Gasteiger partial charge in [-0.3, -0.25) is 0 Å². The fourth-order valence-electron chi connectivity index (χ4n) is 2.63. The highest BCUT2D eigenvalue weighted by Crippen LogP contribution is 2.45. The van der Waals surface area contributed by atoms with E-state index in [0.717, 1.165) is 11.4 Å². The van der Waals surface area contributed by atoms with Gasteiger partial charge in [-0.15, -0.1) is 11.8 Å². The summed E-state index contributed by atoms with van der Waals surface area (Å²) in [5.74, 6) is 1.18. The molecule has 0 unspecified atom stereocenters. The second-order valence-corrected chi connectivity index (χ2v) is 8.74. The van der Waals surface area contributed by atoms with Gasteiger partial charge in [-0.05, 0) is 41.8 Å². The zero-order valence-corrected chi connectivity index (χ0v) is 15.3. The van der Waals surface area contributed by atoms with Crippen molar-refractivity contribution >= 4 is 35.1 Å². The molecule has 0 amide bonds. The normalized spacial score (nSPS) is 17.0. The second kappa shape index (κ2) is 7.31. The Balaban J connectivity index is 1.90. The maximum absolute atomic E-state index is 6.22. The molecule has 0 saturated carbocycles. The molecule has 0 aliphatic carbocycles. The average Bonchev–Trinajstić information content (AvgIpc) is 2.63. The molecular weight excluding hydrogens is 330 g/mol. The first-order valence-electron chi connectivity index (χ1n) is 7.59. The molecule has 22 heavy (non-hydrogen) atoms. The lowest BCUT2D eigenvalue weighted by atomic mass is 10.0. The van der Waals surface area contributed by atoms with Crippen LogP contribution in [-0.4, -0.2) is 26.4 Å². The topological polar surface area (TPSA) is 4.44 Å². The van der Waals surface area contributed by atoms with Crippen molar-refractivity contribution in [1.82, 2.24) is 0 Å². The van der Waals surface area contributed by atoms with Crippen LogP contribution in [0.25, 0.3) is 0 Å². The largest absolute Gasteiger partial charge is 0.339 e. The Kier molecular flexibility index (Phi) is 5.40. The monoisotopic (exact) mass is 350 g/mol. The Morgan fingerprint density at radius 1 is 1.18 bits per heavy atom.